The summed E-state index contributed by atoms with van der Waals surface area (Å²) >= 11 is 0. The number of esters is 1. The Labute approximate surface area is 602 Å². The third kappa shape index (κ3) is 20.3. The van der Waals surface area contributed by atoms with Gasteiger partial charge in [-0.05, 0) is 171 Å². The second-order valence-electron chi connectivity index (χ2n) is 28.0. The number of carbonyl (C=O) groups is 5. The van der Waals surface area contributed by atoms with Crippen LogP contribution >= 0.6 is 0 Å². The van der Waals surface area contributed by atoms with Crippen molar-refractivity contribution in [2.45, 2.75) is 146 Å². The second-order valence-corrected chi connectivity index (χ2v) is 28.0. The zero-order valence-corrected chi connectivity index (χ0v) is 59.3. The standard InChI is InChI=1S/C46H63N5O5.C34H33F7N2O3.CH4/c1-5-43(52)47(2)25-14-26-49(4)46(55)39-20-21-40-35-51(28-22-37(40)33-39)27-13-7-10-19-44(53)48(3)31-32-50-29-23-41(24-30-50)56-45(54)34-38-17-11-12-18-42(38)36-15-8-6-9-16-36;1-45-29-18-22-4-2-3-5-28(22)31(29)10-13-42(14-11-31)15-12-32(24-6-8-27(35)9-7-24)20-43(21-46-32)30(44)23-16-25(33(36,37)38)19-26(17-23)34(39,40)41;/h6,8-9,11-12,15-18,20-21,33,41H,5,7,10,13-14,19,22-32,34-35H2,1-4H3;2-9,16-17,19,29H,10-15,18,20-21H2,1H3;1H4/t;29-,32-;/m.0./s1. The number of halogens is 7. The largest absolute Gasteiger partial charge is 0.462 e. The van der Waals surface area contributed by atoms with Crippen molar-refractivity contribution >= 4 is 29.6 Å². The van der Waals surface area contributed by atoms with Crippen LogP contribution in [-0.2, 0) is 77.8 Å². The first-order valence-corrected chi connectivity index (χ1v) is 35.8. The fraction of sp³-hybridized carbons (Fsp3) is 0.494. The van der Waals surface area contributed by atoms with Crippen LogP contribution < -0.4 is 0 Å². The third-order valence-electron chi connectivity index (χ3n) is 21.3. The minimum absolute atomic E-state index is 0. The summed E-state index contributed by atoms with van der Waals surface area (Å²) in [5.74, 6) is -1.34. The van der Waals surface area contributed by atoms with Crippen LogP contribution in [0.2, 0.25) is 0 Å². The Balaban J connectivity index is 0.000000241. The summed E-state index contributed by atoms with van der Waals surface area (Å²) < 4.78 is 113. The van der Waals surface area contributed by atoms with E-state index in [0.29, 0.717) is 63.1 Å². The number of fused-ring (bicyclic) bond motifs is 3. The van der Waals surface area contributed by atoms with Crippen molar-refractivity contribution in [2.24, 2.45) is 0 Å². The Kier molecular flexibility index (Phi) is 27.4. The molecule has 6 aromatic rings. The Morgan fingerprint density at radius 2 is 1.27 bits per heavy atom. The maximum Gasteiger partial charge on any atom is 0.416 e. The smallest absolute Gasteiger partial charge is 0.416 e. The van der Waals surface area contributed by atoms with Crippen LogP contribution in [0.25, 0.3) is 11.1 Å². The van der Waals surface area contributed by atoms with Crippen molar-refractivity contribution in [3.63, 3.8) is 0 Å². The molecule has 3 fully saturated rings. The number of ether oxygens (including phenoxy) is 3. The number of likely N-dealkylation sites (tertiary alicyclic amines) is 2. The Morgan fingerprint density at radius 1 is 0.621 bits per heavy atom. The van der Waals surface area contributed by atoms with Gasteiger partial charge < -0.3 is 43.6 Å². The second kappa shape index (κ2) is 35.6. The predicted octanol–water partition coefficient (Wildman–Crippen LogP) is 14.1. The maximum atomic E-state index is 13.9. The highest BCUT2D eigenvalue weighted by Gasteiger charge is 2.50. The number of nitrogens with zero attached hydrogens (tertiary/aromatic N) is 7. The fourth-order valence-corrected chi connectivity index (χ4v) is 15.2. The lowest BCUT2D eigenvalue weighted by atomic mass is 9.72. The van der Waals surface area contributed by atoms with Crippen LogP contribution in [0.15, 0.2) is 140 Å². The van der Waals surface area contributed by atoms with E-state index in [1.54, 1.807) is 16.9 Å². The number of benzene rings is 6. The van der Waals surface area contributed by atoms with Gasteiger partial charge in [0.15, 0.2) is 0 Å². The zero-order valence-electron chi connectivity index (χ0n) is 59.3. The summed E-state index contributed by atoms with van der Waals surface area (Å²) in [5.41, 5.74) is 4.47. The van der Waals surface area contributed by atoms with Crippen molar-refractivity contribution in [1.29, 1.82) is 0 Å². The van der Waals surface area contributed by atoms with E-state index in [9.17, 15) is 54.7 Å². The summed E-state index contributed by atoms with van der Waals surface area (Å²) in [6.45, 7) is 10.8. The van der Waals surface area contributed by atoms with Gasteiger partial charge in [0.05, 0.1) is 30.2 Å². The van der Waals surface area contributed by atoms with Gasteiger partial charge in [0.2, 0.25) is 11.8 Å². The molecule has 1 spiro atoms. The summed E-state index contributed by atoms with van der Waals surface area (Å²) in [6, 6.07) is 39.1. The lowest BCUT2D eigenvalue weighted by molar-refractivity contribution is -0.150. The molecule has 22 heteroatoms. The molecule has 4 heterocycles. The predicted molar refractivity (Wildman–Crippen MR) is 383 cm³/mol. The minimum Gasteiger partial charge on any atom is -0.462 e. The first kappa shape index (κ1) is 79.1. The monoisotopic (exact) mass is 1430 g/mol. The lowest BCUT2D eigenvalue weighted by Gasteiger charge is -2.44. The van der Waals surface area contributed by atoms with Gasteiger partial charge >= 0.3 is 18.3 Å². The normalized spacial score (nSPS) is 18.4. The van der Waals surface area contributed by atoms with Gasteiger partial charge in [0, 0.05) is 117 Å². The van der Waals surface area contributed by atoms with Crippen molar-refractivity contribution in [1.82, 2.24) is 34.3 Å². The van der Waals surface area contributed by atoms with E-state index in [-0.39, 0.29) is 74.5 Å². The van der Waals surface area contributed by atoms with E-state index in [4.69, 9.17) is 14.2 Å². The molecule has 4 aliphatic heterocycles. The number of methoxy groups -OCH3 is 1. The number of alkyl halides is 6. The topological polar surface area (TPSA) is 136 Å². The molecule has 11 rings (SSSR count). The minimum atomic E-state index is -5.09. The van der Waals surface area contributed by atoms with Crippen molar-refractivity contribution in [3.05, 3.63) is 201 Å². The van der Waals surface area contributed by atoms with Gasteiger partial charge in [-0.3, -0.25) is 28.9 Å². The SMILES string of the molecule is C.CCC(=O)N(C)CCCN(C)C(=O)c1ccc2c(c1)CCN(CCCCCC(=O)N(C)CCN1CCC(OC(=O)Cc3ccccc3-c3ccccc3)CC1)C2.CO[C@H]1Cc2ccccc2C12CCN(CC[C@@]1(c3ccc(F)cc3)CN(C(=O)c3cc(C(F)(F)F)cc(C(F)(F)F)c3)CO1)CC2. The van der Waals surface area contributed by atoms with Gasteiger partial charge in [0.25, 0.3) is 11.8 Å². The zero-order chi connectivity index (χ0) is 72.8. The van der Waals surface area contributed by atoms with Gasteiger partial charge in [0.1, 0.15) is 24.3 Å². The molecular formula is C81H100F7N7O8. The molecule has 0 bridgehead atoms. The highest BCUT2D eigenvalue weighted by molar-refractivity contribution is 5.95. The fourth-order valence-electron chi connectivity index (χ4n) is 15.2. The molecule has 15 nitrogen and oxygen atoms in total. The van der Waals surface area contributed by atoms with Crippen LogP contribution in [-0.4, -0.2) is 190 Å². The van der Waals surface area contributed by atoms with E-state index < -0.39 is 46.4 Å². The average molecular weight is 1430 g/mol. The molecule has 6 aromatic carbocycles. The van der Waals surface area contributed by atoms with E-state index in [1.165, 1.54) is 46.5 Å². The lowest BCUT2D eigenvalue weighted by Crippen LogP contribution is -2.49. The van der Waals surface area contributed by atoms with Crippen molar-refractivity contribution in [2.75, 3.05) is 114 Å². The first-order chi connectivity index (χ1) is 48.8. The molecule has 556 valence electrons. The molecule has 0 radical (unpaired) electrons. The quantitative estimate of drug-likeness (QED) is 0.0308. The molecule has 5 aliphatic rings. The molecule has 0 unspecified atom stereocenters. The van der Waals surface area contributed by atoms with Crippen LogP contribution in [0.3, 0.4) is 0 Å². The van der Waals surface area contributed by atoms with E-state index in [0.717, 1.165) is 144 Å². The van der Waals surface area contributed by atoms with E-state index in [1.807, 2.05) is 87.6 Å². The van der Waals surface area contributed by atoms with E-state index in [2.05, 4.69) is 57.2 Å². The Bertz CT molecular complexity index is 3790. The molecule has 0 saturated carbocycles. The molecule has 1 aliphatic carbocycles. The summed E-state index contributed by atoms with van der Waals surface area (Å²) in [4.78, 5) is 77.6. The van der Waals surface area contributed by atoms with E-state index >= 15 is 0 Å². The van der Waals surface area contributed by atoms with Gasteiger partial charge in [-0.2, -0.15) is 26.3 Å². The maximum absolute atomic E-state index is 13.9. The highest BCUT2D eigenvalue weighted by Crippen LogP contribution is 2.48. The summed E-state index contributed by atoms with van der Waals surface area (Å²) in [7, 11) is 7.29. The van der Waals surface area contributed by atoms with Crippen molar-refractivity contribution < 1.29 is 68.9 Å². The van der Waals surface area contributed by atoms with Gasteiger partial charge in [-0.15, -0.1) is 0 Å². The van der Waals surface area contributed by atoms with Crippen LogP contribution in [0.4, 0.5) is 30.7 Å². The number of unbranched alkanes of at least 4 members (excludes halogenated alkanes) is 2. The van der Waals surface area contributed by atoms with Crippen LogP contribution in [0, 0.1) is 5.82 Å². The number of carbonyl (C=O) groups excluding carboxylic acids is 5. The molecule has 4 amide bonds. The molecule has 0 aromatic heterocycles. The van der Waals surface area contributed by atoms with Crippen LogP contribution in [0.5, 0.6) is 0 Å². The molecular weight excluding hydrogens is 1330 g/mol. The Hall–Kier alpha value is -8.02. The molecule has 3 saturated heterocycles. The number of hydrogen-bond acceptors (Lipinski definition) is 11. The molecule has 2 atom stereocenters. The number of hydrogen-bond donors (Lipinski definition) is 0. The van der Waals surface area contributed by atoms with Gasteiger partial charge in [-0.25, -0.2) is 4.39 Å². The first-order valence-electron chi connectivity index (χ1n) is 35.8. The third-order valence-corrected chi connectivity index (χ3v) is 21.3. The van der Waals surface area contributed by atoms with Crippen LogP contribution in [0.1, 0.15) is 150 Å². The van der Waals surface area contributed by atoms with Crippen molar-refractivity contribution in [3.8, 4) is 11.1 Å². The Morgan fingerprint density at radius 3 is 1.96 bits per heavy atom. The number of rotatable bonds is 25. The molecule has 103 heavy (non-hydrogen) atoms. The summed E-state index contributed by atoms with van der Waals surface area (Å²) in [6.07, 6.45) is 0.403. The van der Waals surface area contributed by atoms with Gasteiger partial charge in [-0.1, -0.05) is 118 Å². The number of likely N-dealkylation sites (N-methyl/N-ethyl adjacent to an activating group) is 1. The summed E-state index contributed by atoms with van der Waals surface area (Å²) in [5, 5.41) is 0. The number of piperidine rings is 2. The average Bonchev–Trinajstić information content (AvgIpc) is 1.60. The highest BCUT2D eigenvalue weighted by atomic mass is 19.4. The molecule has 0 N–H and O–H groups in total. The number of amides is 4.